The summed E-state index contributed by atoms with van der Waals surface area (Å²) in [6, 6.07) is 8.42. The summed E-state index contributed by atoms with van der Waals surface area (Å²) in [6.45, 7) is 3.36. The first-order valence-corrected chi connectivity index (χ1v) is 9.49. The van der Waals surface area contributed by atoms with E-state index in [0.717, 1.165) is 33.8 Å². The topological polar surface area (TPSA) is 51.6 Å². The lowest BCUT2D eigenvalue weighted by Crippen LogP contribution is -2.07. The fourth-order valence-corrected chi connectivity index (χ4v) is 3.38. The van der Waals surface area contributed by atoms with Crippen LogP contribution in [-0.4, -0.2) is 36.6 Å². The molecule has 0 bridgehead atoms. The Bertz CT molecular complexity index is 698. The second kappa shape index (κ2) is 8.05. The van der Waals surface area contributed by atoms with Crippen LogP contribution in [0.5, 0.6) is 5.75 Å². The van der Waals surface area contributed by atoms with Gasteiger partial charge in [-0.15, -0.1) is 11.8 Å². The van der Waals surface area contributed by atoms with Crippen LogP contribution >= 0.6 is 11.8 Å². The average Bonchev–Trinajstić information content (AvgIpc) is 3.06. The van der Waals surface area contributed by atoms with E-state index in [0.29, 0.717) is 19.5 Å². The van der Waals surface area contributed by atoms with Gasteiger partial charge in [0.05, 0.1) is 6.61 Å². The quantitative estimate of drug-likeness (QED) is 0.638. The van der Waals surface area contributed by atoms with E-state index in [-0.39, 0.29) is 5.92 Å². The number of thioether (sulfide) groups is 1. The molecule has 24 heavy (non-hydrogen) atoms. The van der Waals surface area contributed by atoms with E-state index in [1.807, 2.05) is 12.4 Å². The lowest BCUT2D eigenvalue weighted by atomic mass is 9.80. The molecule has 0 spiro atoms. The number of hydrogen-bond donors (Lipinski definition) is 1. The van der Waals surface area contributed by atoms with Crippen molar-refractivity contribution in [3.8, 4) is 16.9 Å². The molecule has 0 unspecified atom stereocenters. The van der Waals surface area contributed by atoms with Crippen molar-refractivity contribution in [2.75, 3.05) is 19.5 Å². The molecule has 3 rings (SSSR count). The number of nitrogens with zero attached hydrogens (tertiary/aromatic N) is 1. The lowest BCUT2D eigenvalue weighted by Gasteiger charge is -2.13. The predicted molar refractivity (Wildman–Crippen MR) is 98.7 cm³/mol. The third-order valence-electron chi connectivity index (χ3n) is 4.17. The Morgan fingerprint density at radius 2 is 2.21 bits per heavy atom. The average molecular weight is 343 g/mol. The van der Waals surface area contributed by atoms with Crippen molar-refractivity contribution in [1.82, 2.24) is 4.98 Å². The molecule has 1 saturated heterocycles. The summed E-state index contributed by atoms with van der Waals surface area (Å²) in [6.07, 6.45) is 7.40. The van der Waals surface area contributed by atoms with Crippen molar-refractivity contribution < 1.29 is 14.4 Å². The number of rotatable bonds is 6. The highest BCUT2D eigenvalue weighted by molar-refractivity contribution is 7.98. The van der Waals surface area contributed by atoms with Crippen molar-refractivity contribution in [2.24, 2.45) is 0 Å². The highest BCUT2D eigenvalue weighted by Crippen LogP contribution is 2.34. The standard InChI is InChI=1S/C18H22BNO3S/c1-3-6-22-17-8-13(4-5-18(17)24-2)14-7-15(11-20-10-14)16-9-19(21)23-12-16/h4-5,7-8,10-11,16,21H,3,6,9,12H2,1-2H3/t16-/m1/s1. The van der Waals surface area contributed by atoms with Crippen molar-refractivity contribution in [2.45, 2.75) is 30.5 Å². The first-order valence-electron chi connectivity index (χ1n) is 8.27. The van der Waals surface area contributed by atoms with E-state index in [9.17, 15) is 5.02 Å². The van der Waals surface area contributed by atoms with Crippen LogP contribution in [0.1, 0.15) is 24.8 Å². The summed E-state index contributed by atoms with van der Waals surface area (Å²) in [5, 5.41) is 9.56. The summed E-state index contributed by atoms with van der Waals surface area (Å²) in [5.41, 5.74) is 3.25. The molecule has 1 fully saturated rings. The van der Waals surface area contributed by atoms with E-state index < -0.39 is 7.12 Å². The Hall–Kier alpha value is -1.50. The third-order valence-corrected chi connectivity index (χ3v) is 4.94. The molecule has 4 nitrogen and oxygen atoms in total. The van der Waals surface area contributed by atoms with Crippen LogP contribution < -0.4 is 4.74 Å². The minimum Gasteiger partial charge on any atom is -0.492 e. The van der Waals surface area contributed by atoms with E-state index in [1.54, 1.807) is 11.8 Å². The highest BCUT2D eigenvalue weighted by atomic mass is 32.2. The van der Waals surface area contributed by atoms with Crippen LogP contribution in [0.25, 0.3) is 11.1 Å². The summed E-state index contributed by atoms with van der Waals surface area (Å²) in [5.74, 6) is 1.13. The molecule has 2 aromatic rings. The van der Waals surface area contributed by atoms with Crippen molar-refractivity contribution >= 4 is 18.9 Å². The van der Waals surface area contributed by atoms with Gasteiger partial charge in [-0.1, -0.05) is 13.0 Å². The molecule has 0 amide bonds. The molecule has 1 aliphatic rings. The van der Waals surface area contributed by atoms with Crippen molar-refractivity contribution in [1.29, 1.82) is 0 Å². The molecule has 0 aliphatic carbocycles. The van der Waals surface area contributed by atoms with Gasteiger partial charge in [-0.25, -0.2) is 0 Å². The van der Waals surface area contributed by atoms with Crippen LogP contribution in [0.3, 0.4) is 0 Å². The monoisotopic (exact) mass is 343 g/mol. The largest absolute Gasteiger partial charge is 0.492 e. The maximum atomic E-state index is 9.56. The zero-order valence-corrected chi connectivity index (χ0v) is 14.9. The summed E-state index contributed by atoms with van der Waals surface area (Å²) < 4.78 is 11.2. The van der Waals surface area contributed by atoms with Gasteiger partial charge in [0.1, 0.15) is 5.75 Å². The third kappa shape index (κ3) is 3.94. The molecule has 0 saturated carbocycles. The van der Waals surface area contributed by atoms with Crippen LogP contribution in [0.4, 0.5) is 0 Å². The molecule has 126 valence electrons. The fourth-order valence-electron chi connectivity index (χ4n) is 2.86. The second-order valence-electron chi connectivity index (χ2n) is 5.94. The molecule has 6 heteroatoms. The first-order chi connectivity index (χ1) is 11.7. The summed E-state index contributed by atoms with van der Waals surface area (Å²) in [7, 11) is -0.659. The molecule has 1 aromatic heterocycles. The van der Waals surface area contributed by atoms with E-state index >= 15 is 0 Å². The molecular formula is C18H22BNO3S. The normalized spacial score (nSPS) is 17.3. The Kier molecular flexibility index (Phi) is 5.82. The van der Waals surface area contributed by atoms with Gasteiger partial charge in [-0.05, 0) is 48.3 Å². The smallest absolute Gasteiger partial charge is 0.454 e. The maximum Gasteiger partial charge on any atom is 0.454 e. The number of hydrogen-bond acceptors (Lipinski definition) is 5. The van der Waals surface area contributed by atoms with Crippen LogP contribution in [0.2, 0.25) is 6.32 Å². The summed E-state index contributed by atoms with van der Waals surface area (Å²) >= 11 is 1.69. The Morgan fingerprint density at radius 1 is 1.33 bits per heavy atom. The minimum atomic E-state index is -0.659. The van der Waals surface area contributed by atoms with Crippen molar-refractivity contribution in [3.05, 3.63) is 42.2 Å². The Labute approximate surface area is 147 Å². The van der Waals surface area contributed by atoms with E-state index in [4.69, 9.17) is 9.39 Å². The molecule has 1 aromatic carbocycles. The van der Waals surface area contributed by atoms with Gasteiger partial charge >= 0.3 is 7.12 Å². The van der Waals surface area contributed by atoms with E-state index in [1.165, 1.54) is 0 Å². The number of ether oxygens (including phenoxy) is 1. The molecule has 1 atom stereocenters. The number of aromatic nitrogens is 1. The number of pyridine rings is 1. The SMILES string of the molecule is CCCOc1cc(-c2cncc([C@H]3COB(O)C3)c2)ccc1SC. The molecular weight excluding hydrogens is 321 g/mol. The highest BCUT2D eigenvalue weighted by Gasteiger charge is 2.30. The van der Waals surface area contributed by atoms with Gasteiger partial charge in [-0.3, -0.25) is 4.98 Å². The molecule has 2 heterocycles. The molecule has 1 N–H and O–H groups in total. The lowest BCUT2D eigenvalue weighted by molar-refractivity contribution is 0.292. The predicted octanol–water partition coefficient (Wildman–Crippen LogP) is 3.85. The van der Waals surface area contributed by atoms with Crippen LogP contribution in [-0.2, 0) is 4.65 Å². The minimum absolute atomic E-state index is 0.203. The maximum absolute atomic E-state index is 9.56. The second-order valence-corrected chi connectivity index (χ2v) is 6.79. The van der Waals surface area contributed by atoms with Gasteiger partial charge in [0.25, 0.3) is 0 Å². The van der Waals surface area contributed by atoms with Crippen molar-refractivity contribution in [3.63, 3.8) is 0 Å². The van der Waals surface area contributed by atoms with Crippen LogP contribution in [0, 0.1) is 0 Å². The molecule has 0 radical (unpaired) electrons. The zero-order valence-electron chi connectivity index (χ0n) is 14.1. The fraction of sp³-hybridized carbons (Fsp3) is 0.389. The van der Waals surface area contributed by atoms with Gasteiger partial charge in [-0.2, -0.15) is 0 Å². The van der Waals surface area contributed by atoms with E-state index in [2.05, 4.69) is 42.4 Å². The number of benzene rings is 1. The summed E-state index contributed by atoms with van der Waals surface area (Å²) in [4.78, 5) is 5.52. The Morgan fingerprint density at radius 3 is 2.92 bits per heavy atom. The van der Waals surface area contributed by atoms with Crippen LogP contribution in [0.15, 0.2) is 41.6 Å². The Balaban J connectivity index is 1.88. The molecule has 1 aliphatic heterocycles. The van der Waals surface area contributed by atoms with Gasteiger partial charge in [0.2, 0.25) is 0 Å². The van der Waals surface area contributed by atoms with Gasteiger partial charge < -0.3 is 14.4 Å². The first kappa shape index (κ1) is 17.3. The van der Waals surface area contributed by atoms with Gasteiger partial charge in [0.15, 0.2) is 0 Å². The zero-order chi connectivity index (χ0) is 16.9. The van der Waals surface area contributed by atoms with Gasteiger partial charge in [0, 0.05) is 35.4 Å².